The average Bonchev–Trinajstić information content (AvgIpc) is 2.86. The van der Waals surface area contributed by atoms with Gasteiger partial charge in [-0.3, -0.25) is 0 Å². The van der Waals surface area contributed by atoms with E-state index in [0.717, 1.165) is 22.9 Å². The number of nitrogen functional groups attached to an aromatic ring is 1. The van der Waals surface area contributed by atoms with E-state index in [1.807, 2.05) is 6.92 Å². The van der Waals surface area contributed by atoms with Gasteiger partial charge < -0.3 is 20.6 Å². The van der Waals surface area contributed by atoms with Gasteiger partial charge in [0.2, 0.25) is 11.6 Å². The molecule has 0 spiro atoms. The van der Waals surface area contributed by atoms with Crippen molar-refractivity contribution < 1.29 is 4.55 Å². The zero-order chi connectivity index (χ0) is 13.0. The van der Waals surface area contributed by atoms with Crippen LogP contribution in [0.1, 0.15) is 11.4 Å². The molecule has 0 aromatic carbocycles. The van der Waals surface area contributed by atoms with E-state index in [1.54, 1.807) is 18.1 Å². The number of nitrogens with two attached hydrogens (primary N) is 1. The minimum Gasteiger partial charge on any atom is -0.546 e. The predicted molar refractivity (Wildman–Crippen MR) is 73.1 cm³/mol. The molecule has 0 aliphatic rings. The van der Waals surface area contributed by atoms with Gasteiger partial charge in [-0.1, -0.05) is 0 Å². The number of aryl methyl sites for hydroxylation is 1. The Balaban J connectivity index is 1.67. The Morgan fingerprint density at radius 1 is 1.56 bits per heavy atom. The number of anilines is 2. The molecule has 0 fully saturated rings. The highest BCUT2D eigenvalue weighted by atomic mass is 32.2. The summed E-state index contributed by atoms with van der Waals surface area (Å²) in [6, 6.07) is 0. The number of thioether (sulfide) groups is 1. The molecule has 1 atom stereocenters. The molecule has 0 aliphatic heterocycles. The Bertz CT molecular complexity index is 511. The normalized spacial score (nSPS) is 11.8. The average molecular weight is 286 g/mol. The van der Waals surface area contributed by atoms with Crippen LogP contribution in [0.2, 0.25) is 0 Å². The first kappa shape index (κ1) is 13.1. The molecule has 2 aromatic rings. The molecule has 98 valence electrons. The lowest BCUT2D eigenvalue weighted by Crippen LogP contribution is -2.06. The third-order valence-electron chi connectivity index (χ3n) is 2.31. The lowest BCUT2D eigenvalue weighted by atomic mass is 10.4. The second kappa shape index (κ2) is 6.03. The van der Waals surface area contributed by atoms with Crippen LogP contribution in [-0.4, -0.2) is 35.6 Å². The van der Waals surface area contributed by atoms with Crippen LogP contribution in [0.15, 0.2) is 6.33 Å². The molecule has 0 saturated carbocycles. The Hall–Kier alpha value is -1.32. The predicted octanol–water partition coefficient (Wildman–Crippen LogP) is 1.16. The van der Waals surface area contributed by atoms with Crippen molar-refractivity contribution in [1.82, 2.24) is 18.7 Å². The molecule has 4 N–H and O–H groups in total. The van der Waals surface area contributed by atoms with Crippen molar-refractivity contribution in [2.75, 3.05) is 23.3 Å². The lowest BCUT2D eigenvalue weighted by molar-refractivity contribution is 0.585. The third-order valence-corrected chi connectivity index (χ3v) is 3.98. The van der Waals surface area contributed by atoms with Crippen molar-refractivity contribution in [3.63, 3.8) is 0 Å². The number of hydrogen-bond acceptors (Lipinski definition) is 7. The van der Waals surface area contributed by atoms with E-state index in [0.29, 0.717) is 12.4 Å². The van der Waals surface area contributed by atoms with Gasteiger partial charge in [0.25, 0.3) is 0 Å². The number of aromatic nitrogens is 4. The van der Waals surface area contributed by atoms with Crippen LogP contribution < -0.4 is 11.1 Å². The smallest absolute Gasteiger partial charge is 0.232 e. The highest BCUT2D eigenvalue weighted by molar-refractivity contribution is 7.98. The van der Waals surface area contributed by atoms with Crippen molar-refractivity contribution in [1.29, 1.82) is 0 Å². The van der Waals surface area contributed by atoms with E-state index < -0.39 is 11.1 Å². The molecule has 0 saturated heterocycles. The first-order chi connectivity index (χ1) is 8.66. The van der Waals surface area contributed by atoms with Crippen molar-refractivity contribution in [3.05, 3.63) is 17.7 Å². The summed E-state index contributed by atoms with van der Waals surface area (Å²) in [6.07, 6.45) is 1.70. The molecule has 0 amide bonds. The van der Waals surface area contributed by atoms with Crippen LogP contribution in [0.3, 0.4) is 0 Å². The third kappa shape index (κ3) is 3.34. The molecule has 9 heteroatoms. The zero-order valence-corrected chi connectivity index (χ0v) is 11.5. The number of rotatable bonds is 6. The summed E-state index contributed by atoms with van der Waals surface area (Å²) < 4.78 is 18.3. The van der Waals surface area contributed by atoms with Gasteiger partial charge in [-0.05, 0) is 6.92 Å². The maximum absolute atomic E-state index is 10.9. The SMILES string of the molecule is Cc1nc[nH]c1CSCCNc1n[s+]([O-])nc1N. The Kier molecular flexibility index (Phi) is 4.39. The van der Waals surface area contributed by atoms with Crippen molar-refractivity contribution in [2.45, 2.75) is 12.7 Å². The number of hydrogen-bond donors (Lipinski definition) is 3. The zero-order valence-electron chi connectivity index (χ0n) is 9.84. The second-order valence-electron chi connectivity index (χ2n) is 3.59. The molecule has 0 radical (unpaired) electrons. The van der Waals surface area contributed by atoms with Crippen molar-refractivity contribution in [2.24, 2.45) is 0 Å². The summed E-state index contributed by atoms with van der Waals surface area (Å²) in [5, 5.41) is 3.01. The van der Waals surface area contributed by atoms with Crippen LogP contribution in [0.25, 0.3) is 0 Å². The van der Waals surface area contributed by atoms with Crippen LogP contribution in [0.5, 0.6) is 0 Å². The second-order valence-corrected chi connectivity index (χ2v) is 5.52. The monoisotopic (exact) mass is 286 g/mol. The van der Waals surface area contributed by atoms with Gasteiger partial charge >= 0.3 is 0 Å². The van der Waals surface area contributed by atoms with E-state index in [1.165, 1.54) is 0 Å². The molecule has 0 bridgehead atoms. The fourth-order valence-electron chi connectivity index (χ4n) is 1.35. The summed E-state index contributed by atoms with van der Waals surface area (Å²) in [6.45, 7) is 2.68. The topological polar surface area (TPSA) is 116 Å². The van der Waals surface area contributed by atoms with E-state index in [9.17, 15) is 4.55 Å². The number of aromatic amines is 1. The summed E-state index contributed by atoms with van der Waals surface area (Å²) >= 11 is 0.216. The van der Waals surface area contributed by atoms with Gasteiger partial charge in [0.1, 0.15) is 0 Å². The molecule has 1 unspecified atom stereocenters. The maximum atomic E-state index is 10.9. The molecule has 2 rings (SSSR count). The quantitative estimate of drug-likeness (QED) is 0.539. The van der Waals surface area contributed by atoms with Gasteiger partial charge in [0.15, 0.2) is 11.1 Å². The first-order valence-electron chi connectivity index (χ1n) is 5.32. The highest BCUT2D eigenvalue weighted by Gasteiger charge is 2.10. The molecular weight excluding hydrogens is 272 g/mol. The van der Waals surface area contributed by atoms with Gasteiger partial charge in [0.05, 0.1) is 12.0 Å². The molecule has 2 heterocycles. The van der Waals surface area contributed by atoms with Gasteiger partial charge in [-0.15, -0.1) is 0 Å². The van der Waals surface area contributed by atoms with Gasteiger partial charge in [-0.2, -0.15) is 11.8 Å². The summed E-state index contributed by atoms with van der Waals surface area (Å²) in [5.41, 5.74) is 7.69. The summed E-state index contributed by atoms with van der Waals surface area (Å²) in [7, 11) is 0. The van der Waals surface area contributed by atoms with Crippen LogP contribution in [0, 0.1) is 6.92 Å². The molecule has 0 aliphatic carbocycles. The standard InChI is InChI=1S/C9H14N6OS2/c1-6-7(13-5-12-6)4-17-3-2-11-9-8(10)14-18(16)15-9/h5H,2-4H2,1H3,(H2,10,14)(H,11,15)(H,12,13). The Morgan fingerprint density at radius 2 is 2.39 bits per heavy atom. The van der Waals surface area contributed by atoms with E-state index >= 15 is 0 Å². The van der Waals surface area contributed by atoms with E-state index in [4.69, 9.17) is 5.73 Å². The summed E-state index contributed by atoms with van der Waals surface area (Å²) in [4.78, 5) is 7.22. The highest BCUT2D eigenvalue weighted by Crippen LogP contribution is 2.19. The van der Waals surface area contributed by atoms with Crippen molar-refractivity contribution in [3.8, 4) is 0 Å². The molecule has 18 heavy (non-hydrogen) atoms. The van der Waals surface area contributed by atoms with Gasteiger partial charge in [-0.25, -0.2) is 4.98 Å². The number of imidazole rings is 1. The Morgan fingerprint density at radius 3 is 3.00 bits per heavy atom. The minimum absolute atomic E-state index is 0.211. The largest absolute Gasteiger partial charge is 0.546 e. The first-order valence-corrected chi connectivity index (χ1v) is 7.54. The van der Waals surface area contributed by atoms with Gasteiger partial charge in [0, 0.05) is 32.5 Å². The Labute approximate surface area is 112 Å². The van der Waals surface area contributed by atoms with E-state index in [-0.39, 0.29) is 5.82 Å². The van der Waals surface area contributed by atoms with Crippen molar-refractivity contribution >= 4 is 34.5 Å². The van der Waals surface area contributed by atoms with Crippen LogP contribution >= 0.6 is 22.9 Å². The fraction of sp³-hybridized carbons (Fsp3) is 0.444. The maximum Gasteiger partial charge on any atom is 0.232 e. The molecule has 7 nitrogen and oxygen atoms in total. The van der Waals surface area contributed by atoms with Crippen LogP contribution in [-0.2, 0) is 5.75 Å². The number of nitrogens with zero attached hydrogens (tertiary/aromatic N) is 3. The lowest BCUT2D eigenvalue weighted by Gasteiger charge is -2.02. The minimum atomic E-state index is -1.55. The molecular formula is C9H14N6OS2. The van der Waals surface area contributed by atoms with E-state index in [2.05, 4.69) is 24.0 Å². The fourth-order valence-corrected chi connectivity index (χ4v) is 2.84. The molecule has 2 aromatic heterocycles. The summed E-state index contributed by atoms with van der Waals surface area (Å²) in [5.74, 6) is 2.40. The van der Waals surface area contributed by atoms with Crippen LogP contribution in [0.4, 0.5) is 11.6 Å². The number of H-pyrrole nitrogens is 1. The number of nitrogens with one attached hydrogen (secondary N) is 2.